The van der Waals surface area contributed by atoms with E-state index in [1.165, 1.54) is 19.4 Å². The fourth-order valence-electron chi connectivity index (χ4n) is 2.57. The minimum atomic E-state index is -0.536. The van der Waals surface area contributed by atoms with Crippen LogP contribution in [0.5, 0.6) is 0 Å². The first kappa shape index (κ1) is 20.4. The Labute approximate surface area is 131 Å². The Morgan fingerprint density at radius 3 is 2.29 bits per heavy atom. The van der Waals surface area contributed by atoms with Crippen molar-refractivity contribution in [3.05, 3.63) is 0 Å². The third kappa shape index (κ3) is 8.42. The number of carbonyl (C=O) groups excluding carboxylic acids is 1. The van der Waals surface area contributed by atoms with Gasteiger partial charge in [-0.05, 0) is 65.7 Å². The second-order valence-electron chi connectivity index (χ2n) is 5.83. The minimum absolute atomic E-state index is 0.120. The summed E-state index contributed by atoms with van der Waals surface area (Å²) in [5, 5.41) is 3.29. The van der Waals surface area contributed by atoms with Crippen molar-refractivity contribution >= 4 is 5.97 Å². The van der Waals surface area contributed by atoms with Gasteiger partial charge in [-0.2, -0.15) is 0 Å². The molecule has 0 fully saturated rings. The molecule has 126 valence electrons. The molecule has 0 aliphatic carbocycles. The maximum atomic E-state index is 12.1. The van der Waals surface area contributed by atoms with Gasteiger partial charge in [0.2, 0.25) is 0 Å². The van der Waals surface area contributed by atoms with Crippen LogP contribution in [0.3, 0.4) is 0 Å². The molecule has 0 aromatic carbocycles. The average molecular weight is 300 g/mol. The summed E-state index contributed by atoms with van der Waals surface area (Å²) in [5.74, 6) is -0.120. The number of hydrogen-bond acceptors (Lipinski definition) is 4. The molecule has 0 aliphatic rings. The van der Waals surface area contributed by atoms with E-state index in [9.17, 15) is 4.79 Å². The van der Waals surface area contributed by atoms with Crippen molar-refractivity contribution < 1.29 is 9.53 Å². The minimum Gasteiger partial charge on any atom is -0.465 e. The van der Waals surface area contributed by atoms with Crippen LogP contribution in [0.1, 0.15) is 66.7 Å². The van der Waals surface area contributed by atoms with Crippen molar-refractivity contribution in [1.29, 1.82) is 0 Å². The summed E-state index contributed by atoms with van der Waals surface area (Å²) in [6, 6.07) is 0. The molecule has 1 atom stereocenters. The molecule has 0 rings (SSSR count). The van der Waals surface area contributed by atoms with E-state index >= 15 is 0 Å². The van der Waals surface area contributed by atoms with E-state index in [4.69, 9.17) is 4.74 Å². The molecular formula is C17H36N2O2. The number of esters is 1. The normalized spacial score (nSPS) is 14.2. The number of likely N-dealkylation sites (N-methyl/N-ethyl adjacent to an activating group) is 1. The molecule has 0 aromatic heterocycles. The molecule has 21 heavy (non-hydrogen) atoms. The highest BCUT2D eigenvalue weighted by atomic mass is 16.5. The zero-order valence-corrected chi connectivity index (χ0v) is 14.8. The van der Waals surface area contributed by atoms with E-state index in [1.54, 1.807) is 0 Å². The van der Waals surface area contributed by atoms with Crippen molar-refractivity contribution in [1.82, 2.24) is 10.2 Å². The van der Waals surface area contributed by atoms with E-state index in [1.807, 2.05) is 20.8 Å². The van der Waals surface area contributed by atoms with Crippen molar-refractivity contribution in [2.24, 2.45) is 0 Å². The highest BCUT2D eigenvalue weighted by Gasteiger charge is 2.32. The van der Waals surface area contributed by atoms with Gasteiger partial charge in [-0.15, -0.1) is 0 Å². The number of rotatable bonds is 13. The van der Waals surface area contributed by atoms with Gasteiger partial charge in [0.05, 0.1) is 6.61 Å². The van der Waals surface area contributed by atoms with Crippen LogP contribution in [0.15, 0.2) is 0 Å². The van der Waals surface area contributed by atoms with Gasteiger partial charge in [0.15, 0.2) is 0 Å². The summed E-state index contributed by atoms with van der Waals surface area (Å²) in [7, 11) is 0. The van der Waals surface area contributed by atoms with E-state index in [-0.39, 0.29) is 5.97 Å². The molecule has 0 radical (unpaired) electrons. The van der Waals surface area contributed by atoms with Crippen molar-refractivity contribution in [2.45, 2.75) is 72.3 Å². The topological polar surface area (TPSA) is 41.6 Å². The fourth-order valence-corrected chi connectivity index (χ4v) is 2.57. The van der Waals surface area contributed by atoms with Gasteiger partial charge in [0.1, 0.15) is 5.54 Å². The average Bonchev–Trinajstić information content (AvgIpc) is 2.47. The molecule has 0 spiro atoms. The van der Waals surface area contributed by atoms with Crippen LogP contribution in [0, 0.1) is 0 Å². The molecule has 1 N–H and O–H groups in total. The van der Waals surface area contributed by atoms with Gasteiger partial charge in [0, 0.05) is 0 Å². The molecule has 0 heterocycles. The molecule has 0 saturated carbocycles. The maximum absolute atomic E-state index is 12.1. The van der Waals surface area contributed by atoms with E-state index < -0.39 is 5.54 Å². The zero-order chi connectivity index (χ0) is 16.1. The van der Waals surface area contributed by atoms with Crippen LogP contribution < -0.4 is 5.32 Å². The molecule has 0 saturated heterocycles. The monoisotopic (exact) mass is 300 g/mol. The Kier molecular flexibility index (Phi) is 11.6. The smallest absolute Gasteiger partial charge is 0.326 e. The van der Waals surface area contributed by atoms with Gasteiger partial charge in [-0.1, -0.05) is 27.2 Å². The SMILES string of the molecule is CCCCN(CC)CCCCC(C)(NCC)C(=O)OCC. The number of nitrogens with zero attached hydrogens (tertiary/aromatic N) is 1. The Morgan fingerprint density at radius 2 is 1.76 bits per heavy atom. The molecule has 0 aromatic rings. The van der Waals surface area contributed by atoms with Crippen LogP contribution in [0.2, 0.25) is 0 Å². The predicted octanol–water partition coefficient (Wildman–Crippen LogP) is 3.21. The number of unbranched alkanes of at least 4 members (excludes halogenated alkanes) is 2. The summed E-state index contributed by atoms with van der Waals surface area (Å²) in [6.07, 6.45) is 5.54. The molecule has 4 heteroatoms. The highest BCUT2D eigenvalue weighted by Crippen LogP contribution is 2.16. The van der Waals surface area contributed by atoms with Crippen LogP contribution in [-0.2, 0) is 9.53 Å². The zero-order valence-electron chi connectivity index (χ0n) is 14.8. The third-order valence-corrected chi connectivity index (χ3v) is 3.97. The Hall–Kier alpha value is -0.610. The second-order valence-corrected chi connectivity index (χ2v) is 5.83. The Balaban J connectivity index is 4.16. The predicted molar refractivity (Wildman–Crippen MR) is 89.6 cm³/mol. The standard InChI is InChI=1S/C17H36N2O2/c1-6-10-14-19(8-3)15-12-11-13-17(5,18-7-2)16(20)21-9-4/h18H,6-15H2,1-5H3. The first-order valence-corrected chi connectivity index (χ1v) is 8.68. The number of ether oxygens (including phenoxy) is 1. The molecule has 4 nitrogen and oxygen atoms in total. The lowest BCUT2D eigenvalue weighted by Crippen LogP contribution is -2.50. The second kappa shape index (κ2) is 12.0. The van der Waals surface area contributed by atoms with Gasteiger partial charge >= 0.3 is 5.97 Å². The van der Waals surface area contributed by atoms with Gasteiger partial charge in [-0.25, -0.2) is 0 Å². The maximum Gasteiger partial charge on any atom is 0.326 e. The highest BCUT2D eigenvalue weighted by molar-refractivity contribution is 5.80. The first-order chi connectivity index (χ1) is 10.0. The van der Waals surface area contributed by atoms with E-state index in [0.717, 1.165) is 38.9 Å². The van der Waals surface area contributed by atoms with Crippen molar-refractivity contribution in [2.75, 3.05) is 32.8 Å². The summed E-state index contributed by atoms with van der Waals surface area (Å²) in [5.41, 5.74) is -0.536. The van der Waals surface area contributed by atoms with Crippen LogP contribution in [-0.4, -0.2) is 49.2 Å². The molecular weight excluding hydrogens is 264 g/mol. The number of hydrogen-bond donors (Lipinski definition) is 1. The summed E-state index contributed by atoms with van der Waals surface area (Å²) >= 11 is 0. The molecule has 0 amide bonds. The third-order valence-electron chi connectivity index (χ3n) is 3.97. The lowest BCUT2D eigenvalue weighted by atomic mass is 9.94. The van der Waals surface area contributed by atoms with Gasteiger partial charge in [0.25, 0.3) is 0 Å². The fraction of sp³-hybridized carbons (Fsp3) is 0.941. The van der Waals surface area contributed by atoms with Crippen LogP contribution in [0.4, 0.5) is 0 Å². The van der Waals surface area contributed by atoms with Crippen molar-refractivity contribution in [3.63, 3.8) is 0 Å². The van der Waals surface area contributed by atoms with Gasteiger partial charge in [-0.3, -0.25) is 4.79 Å². The van der Waals surface area contributed by atoms with Crippen LogP contribution in [0.25, 0.3) is 0 Å². The lowest BCUT2D eigenvalue weighted by molar-refractivity contribution is -0.150. The van der Waals surface area contributed by atoms with E-state index in [2.05, 4.69) is 24.1 Å². The number of carbonyl (C=O) groups is 1. The summed E-state index contributed by atoms with van der Waals surface area (Å²) in [4.78, 5) is 14.6. The van der Waals surface area contributed by atoms with Crippen molar-refractivity contribution in [3.8, 4) is 0 Å². The van der Waals surface area contributed by atoms with E-state index in [0.29, 0.717) is 6.61 Å². The van der Waals surface area contributed by atoms with Gasteiger partial charge < -0.3 is 15.0 Å². The molecule has 1 unspecified atom stereocenters. The largest absolute Gasteiger partial charge is 0.465 e. The quantitative estimate of drug-likeness (QED) is 0.419. The Morgan fingerprint density at radius 1 is 1.10 bits per heavy atom. The first-order valence-electron chi connectivity index (χ1n) is 8.68. The number of nitrogens with one attached hydrogen (secondary N) is 1. The summed E-state index contributed by atoms with van der Waals surface area (Å²) < 4.78 is 5.20. The lowest BCUT2D eigenvalue weighted by Gasteiger charge is -2.28. The van der Waals surface area contributed by atoms with Crippen LogP contribution >= 0.6 is 0 Å². The Bertz CT molecular complexity index is 272. The molecule has 0 bridgehead atoms. The summed E-state index contributed by atoms with van der Waals surface area (Å²) in [6.45, 7) is 15.0. The molecule has 0 aliphatic heterocycles.